The number of aryl methyl sites for hydroxylation is 1. The predicted octanol–water partition coefficient (Wildman–Crippen LogP) is 1.05. The van der Waals surface area contributed by atoms with Crippen LogP contribution in [-0.4, -0.2) is 42.3 Å². The summed E-state index contributed by atoms with van der Waals surface area (Å²) in [7, 11) is 1.74. The Balaban J connectivity index is 1.61. The van der Waals surface area contributed by atoms with Gasteiger partial charge in [0.1, 0.15) is 5.69 Å². The Morgan fingerprint density at radius 1 is 1.17 bits per heavy atom. The van der Waals surface area contributed by atoms with Crippen molar-refractivity contribution >= 4 is 23.6 Å². The third-order valence-corrected chi connectivity index (χ3v) is 4.12. The van der Waals surface area contributed by atoms with Crippen LogP contribution >= 0.6 is 11.8 Å². The fraction of sp³-hybridized carbons (Fsp3) is 0.133. The topological polar surface area (TPSA) is 94.7 Å². The third kappa shape index (κ3) is 3.51. The van der Waals surface area contributed by atoms with Crippen molar-refractivity contribution in [2.45, 2.75) is 5.16 Å². The Labute approximate surface area is 141 Å². The minimum atomic E-state index is -0.434. The Bertz CT molecular complexity index is 858. The summed E-state index contributed by atoms with van der Waals surface area (Å²) in [6.45, 7) is 0. The van der Waals surface area contributed by atoms with Crippen LogP contribution in [0.5, 0.6) is 0 Å². The first kappa shape index (κ1) is 15.9. The molecule has 2 heterocycles. The van der Waals surface area contributed by atoms with Crippen molar-refractivity contribution in [3.8, 4) is 5.69 Å². The molecule has 0 aliphatic rings. The number of nitrogens with zero attached hydrogens (tertiary/aromatic N) is 5. The van der Waals surface area contributed by atoms with Gasteiger partial charge in [0.25, 0.3) is 5.91 Å². The van der Waals surface area contributed by atoms with Gasteiger partial charge in [-0.3, -0.25) is 14.9 Å². The number of aromatic nitrogens is 5. The molecule has 0 aliphatic carbocycles. The molecule has 1 N–H and O–H groups in total. The average Bonchev–Trinajstić information content (AvgIpc) is 3.22. The molecule has 0 radical (unpaired) electrons. The largest absolute Gasteiger partial charge is 0.347 e. The highest BCUT2D eigenvalue weighted by Crippen LogP contribution is 2.17. The Morgan fingerprint density at radius 3 is 2.67 bits per heavy atom. The summed E-state index contributed by atoms with van der Waals surface area (Å²) in [5.74, 6) is -0.812. The van der Waals surface area contributed by atoms with Crippen molar-refractivity contribution in [2.24, 2.45) is 7.05 Å². The van der Waals surface area contributed by atoms with E-state index in [4.69, 9.17) is 0 Å². The molecule has 9 heteroatoms. The van der Waals surface area contributed by atoms with Gasteiger partial charge in [-0.25, -0.2) is 0 Å². The van der Waals surface area contributed by atoms with Gasteiger partial charge in [-0.2, -0.15) is 4.68 Å². The third-order valence-electron chi connectivity index (χ3n) is 3.20. The van der Waals surface area contributed by atoms with Crippen molar-refractivity contribution in [2.75, 3.05) is 5.75 Å². The number of hydrogen-bond acceptors (Lipinski definition) is 6. The number of carbonyl (C=O) groups is 2. The van der Waals surface area contributed by atoms with Gasteiger partial charge in [0.15, 0.2) is 0 Å². The number of nitrogens with one attached hydrogen (secondary N) is 1. The lowest BCUT2D eigenvalue weighted by molar-refractivity contribution is -0.117. The fourth-order valence-electron chi connectivity index (χ4n) is 2.05. The maximum absolute atomic E-state index is 12.0. The Hall–Kier alpha value is -2.94. The number of imide groups is 1. The number of amides is 2. The van der Waals surface area contributed by atoms with E-state index in [1.165, 1.54) is 4.68 Å². The highest BCUT2D eigenvalue weighted by Gasteiger charge is 2.15. The van der Waals surface area contributed by atoms with Crippen LogP contribution in [0.15, 0.2) is 53.8 Å². The number of thioether (sulfide) groups is 1. The molecule has 8 nitrogen and oxygen atoms in total. The first-order valence-electron chi connectivity index (χ1n) is 7.07. The van der Waals surface area contributed by atoms with E-state index in [0.29, 0.717) is 10.9 Å². The number of rotatable bonds is 5. The minimum absolute atomic E-state index is 0.0311. The zero-order valence-electron chi connectivity index (χ0n) is 12.8. The molecular weight excluding hydrogens is 328 g/mol. The van der Waals surface area contributed by atoms with Gasteiger partial charge in [0.05, 0.1) is 11.4 Å². The molecule has 0 aliphatic heterocycles. The van der Waals surface area contributed by atoms with Crippen LogP contribution in [-0.2, 0) is 11.8 Å². The summed E-state index contributed by atoms with van der Waals surface area (Å²) >= 11 is 1.16. The molecule has 1 aromatic carbocycles. The van der Waals surface area contributed by atoms with E-state index in [2.05, 4.69) is 20.8 Å². The van der Waals surface area contributed by atoms with Crippen LogP contribution in [0.4, 0.5) is 0 Å². The van der Waals surface area contributed by atoms with E-state index in [1.54, 1.807) is 29.9 Å². The molecule has 0 fully saturated rings. The van der Waals surface area contributed by atoms with Gasteiger partial charge in [-0.15, -0.1) is 5.10 Å². The zero-order chi connectivity index (χ0) is 16.9. The van der Waals surface area contributed by atoms with Gasteiger partial charge in [-0.05, 0) is 34.7 Å². The van der Waals surface area contributed by atoms with Crippen LogP contribution in [0, 0.1) is 0 Å². The van der Waals surface area contributed by atoms with Crippen LogP contribution < -0.4 is 5.32 Å². The second kappa shape index (κ2) is 7.09. The fourth-order valence-corrected chi connectivity index (χ4v) is 2.74. The van der Waals surface area contributed by atoms with E-state index in [-0.39, 0.29) is 5.75 Å². The van der Waals surface area contributed by atoms with Crippen molar-refractivity contribution in [3.05, 3.63) is 54.4 Å². The van der Waals surface area contributed by atoms with Crippen molar-refractivity contribution < 1.29 is 9.59 Å². The summed E-state index contributed by atoms with van der Waals surface area (Å²) in [6.07, 6.45) is 1.74. The molecule has 24 heavy (non-hydrogen) atoms. The molecule has 0 unspecified atom stereocenters. The second-order valence-corrected chi connectivity index (χ2v) is 5.82. The van der Waals surface area contributed by atoms with Crippen LogP contribution in [0.25, 0.3) is 5.69 Å². The van der Waals surface area contributed by atoms with E-state index in [1.807, 2.05) is 30.3 Å². The van der Waals surface area contributed by atoms with Gasteiger partial charge in [-0.1, -0.05) is 30.0 Å². The maximum Gasteiger partial charge on any atom is 0.274 e. The van der Waals surface area contributed by atoms with Crippen LogP contribution in [0.3, 0.4) is 0 Å². The minimum Gasteiger partial charge on any atom is -0.347 e. The summed E-state index contributed by atoms with van der Waals surface area (Å²) in [5, 5.41) is 14.3. The predicted molar refractivity (Wildman–Crippen MR) is 87.8 cm³/mol. The lowest BCUT2D eigenvalue weighted by Gasteiger charge is -2.05. The lowest BCUT2D eigenvalue weighted by Crippen LogP contribution is -2.33. The van der Waals surface area contributed by atoms with E-state index in [0.717, 1.165) is 17.4 Å². The van der Waals surface area contributed by atoms with Crippen LogP contribution in [0.1, 0.15) is 10.5 Å². The monoisotopic (exact) mass is 342 g/mol. The number of hydrogen-bond donors (Lipinski definition) is 1. The molecule has 3 aromatic rings. The zero-order valence-corrected chi connectivity index (χ0v) is 13.6. The van der Waals surface area contributed by atoms with E-state index < -0.39 is 11.8 Å². The van der Waals surface area contributed by atoms with E-state index >= 15 is 0 Å². The molecule has 0 atom stereocenters. The van der Waals surface area contributed by atoms with Gasteiger partial charge in [0.2, 0.25) is 11.1 Å². The summed E-state index contributed by atoms with van der Waals surface area (Å²) in [5.41, 5.74) is 1.22. The average molecular weight is 342 g/mol. The molecular formula is C15H14N6O2S. The normalized spacial score (nSPS) is 10.5. The van der Waals surface area contributed by atoms with Crippen LogP contribution in [0.2, 0.25) is 0 Å². The first-order valence-corrected chi connectivity index (χ1v) is 8.06. The highest BCUT2D eigenvalue weighted by atomic mass is 32.2. The quantitative estimate of drug-likeness (QED) is 0.697. The lowest BCUT2D eigenvalue weighted by atomic mass is 10.3. The number of para-hydroxylation sites is 1. The standard InChI is InChI=1S/C15H14N6O2S/c1-20-9-5-8-12(20)14(23)16-13(22)10-24-15-17-18-19-21(15)11-6-3-2-4-7-11/h2-9H,10H2,1H3,(H,16,22,23). The van der Waals surface area contributed by atoms with Crippen molar-refractivity contribution in [1.29, 1.82) is 0 Å². The highest BCUT2D eigenvalue weighted by molar-refractivity contribution is 7.99. The van der Waals surface area contributed by atoms with E-state index in [9.17, 15) is 9.59 Å². The van der Waals surface area contributed by atoms with Gasteiger partial charge < -0.3 is 4.57 Å². The second-order valence-electron chi connectivity index (χ2n) is 4.88. The van der Waals surface area contributed by atoms with Crippen molar-refractivity contribution in [1.82, 2.24) is 30.1 Å². The van der Waals surface area contributed by atoms with Gasteiger partial charge >= 0.3 is 0 Å². The molecule has 2 aromatic heterocycles. The number of carbonyl (C=O) groups excluding carboxylic acids is 2. The maximum atomic E-state index is 12.0. The summed E-state index contributed by atoms with van der Waals surface area (Å²) < 4.78 is 3.18. The smallest absolute Gasteiger partial charge is 0.274 e. The molecule has 0 spiro atoms. The first-order chi connectivity index (χ1) is 11.6. The van der Waals surface area contributed by atoms with Gasteiger partial charge in [0, 0.05) is 13.2 Å². The summed E-state index contributed by atoms with van der Waals surface area (Å²) in [6, 6.07) is 12.7. The van der Waals surface area contributed by atoms with Crippen molar-refractivity contribution in [3.63, 3.8) is 0 Å². The molecule has 0 saturated carbocycles. The number of tetrazole rings is 1. The molecule has 2 amide bonds. The summed E-state index contributed by atoms with van der Waals surface area (Å²) in [4.78, 5) is 23.9. The number of benzene rings is 1. The molecule has 0 saturated heterocycles. The SMILES string of the molecule is Cn1cccc1C(=O)NC(=O)CSc1nnnn1-c1ccccc1. The molecule has 122 valence electrons. The Kier molecular flexibility index (Phi) is 4.71. The Morgan fingerprint density at radius 2 is 1.96 bits per heavy atom. The molecule has 3 rings (SSSR count). The molecule has 0 bridgehead atoms.